The summed E-state index contributed by atoms with van der Waals surface area (Å²) in [5.41, 5.74) is -0.471. The minimum Gasteiger partial charge on any atom is -0.465 e. The van der Waals surface area contributed by atoms with E-state index in [1.54, 1.807) is 6.20 Å². The van der Waals surface area contributed by atoms with Crippen LogP contribution < -0.4 is 5.32 Å². The second kappa shape index (κ2) is 6.70. The molecule has 0 atom stereocenters. The van der Waals surface area contributed by atoms with Crippen LogP contribution in [0.5, 0.6) is 0 Å². The molecule has 106 valence electrons. The van der Waals surface area contributed by atoms with Gasteiger partial charge in [0.2, 0.25) is 0 Å². The molecule has 1 saturated carbocycles. The fourth-order valence-corrected chi connectivity index (χ4v) is 2.72. The molecule has 0 spiro atoms. The van der Waals surface area contributed by atoms with Gasteiger partial charge < -0.3 is 10.1 Å². The molecule has 1 aromatic rings. The topological polar surface area (TPSA) is 56.1 Å². The lowest BCUT2D eigenvalue weighted by Gasteiger charge is -2.35. The van der Waals surface area contributed by atoms with Crippen molar-refractivity contribution in [2.75, 3.05) is 13.2 Å². The van der Waals surface area contributed by atoms with E-state index < -0.39 is 5.54 Å². The van der Waals surface area contributed by atoms with E-state index in [1.807, 2.05) is 23.9 Å². The second-order valence-corrected chi connectivity index (χ2v) is 5.06. The molecule has 5 heteroatoms. The molecule has 5 nitrogen and oxygen atoms in total. The molecular weight excluding hydrogens is 242 g/mol. The number of aromatic nitrogens is 2. The summed E-state index contributed by atoms with van der Waals surface area (Å²) < 4.78 is 7.12. The van der Waals surface area contributed by atoms with E-state index in [0.717, 1.165) is 38.8 Å². The van der Waals surface area contributed by atoms with Crippen LogP contribution in [-0.4, -0.2) is 34.4 Å². The van der Waals surface area contributed by atoms with Crippen LogP contribution in [0, 0.1) is 0 Å². The maximum absolute atomic E-state index is 12.2. The molecule has 0 unspecified atom stereocenters. The summed E-state index contributed by atoms with van der Waals surface area (Å²) in [6, 6.07) is 1.90. The molecule has 0 aliphatic heterocycles. The Kier molecular flexibility index (Phi) is 4.96. The largest absolute Gasteiger partial charge is 0.465 e. The Morgan fingerprint density at radius 3 is 2.84 bits per heavy atom. The molecule has 1 fully saturated rings. The van der Waals surface area contributed by atoms with Crippen molar-refractivity contribution in [3.05, 3.63) is 18.5 Å². The average molecular weight is 265 g/mol. The first kappa shape index (κ1) is 14.1. The van der Waals surface area contributed by atoms with Gasteiger partial charge in [0.25, 0.3) is 0 Å². The Balaban J connectivity index is 1.91. The van der Waals surface area contributed by atoms with Gasteiger partial charge in [-0.25, -0.2) is 0 Å². The van der Waals surface area contributed by atoms with Crippen molar-refractivity contribution in [3.8, 4) is 0 Å². The number of hydrogen-bond donors (Lipinski definition) is 1. The molecule has 0 bridgehead atoms. The third-order valence-electron chi connectivity index (χ3n) is 3.74. The number of carbonyl (C=O) groups excluding carboxylic acids is 1. The summed E-state index contributed by atoms with van der Waals surface area (Å²) in [6.07, 6.45) is 8.85. The zero-order chi connectivity index (χ0) is 13.6. The first-order valence-corrected chi connectivity index (χ1v) is 7.16. The van der Waals surface area contributed by atoms with Crippen molar-refractivity contribution in [2.45, 2.75) is 51.1 Å². The molecule has 1 aromatic heterocycles. The maximum Gasteiger partial charge on any atom is 0.326 e. The van der Waals surface area contributed by atoms with Gasteiger partial charge >= 0.3 is 5.97 Å². The first-order chi connectivity index (χ1) is 9.27. The van der Waals surface area contributed by atoms with E-state index in [-0.39, 0.29) is 5.97 Å². The average Bonchev–Trinajstić information content (AvgIpc) is 2.93. The zero-order valence-corrected chi connectivity index (χ0v) is 11.6. The Morgan fingerprint density at radius 1 is 1.42 bits per heavy atom. The highest BCUT2D eigenvalue weighted by Gasteiger charge is 2.40. The van der Waals surface area contributed by atoms with Gasteiger partial charge in [-0.1, -0.05) is 19.3 Å². The smallest absolute Gasteiger partial charge is 0.326 e. The molecule has 1 heterocycles. The minimum atomic E-state index is -0.471. The van der Waals surface area contributed by atoms with Gasteiger partial charge in [0.05, 0.1) is 13.2 Å². The number of rotatable bonds is 6. The third-order valence-corrected chi connectivity index (χ3v) is 3.74. The molecule has 19 heavy (non-hydrogen) atoms. The summed E-state index contributed by atoms with van der Waals surface area (Å²) in [6.45, 7) is 3.81. The number of nitrogens with one attached hydrogen (secondary N) is 1. The molecule has 1 aliphatic rings. The van der Waals surface area contributed by atoms with Crippen LogP contribution in [0.15, 0.2) is 18.5 Å². The fraction of sp³-hybridized carbons (Fsp3) is 0.714. The monoisotopic (exact) mass is 265 g/mol. The SMILES string of the molecule is CCOC(=O)C1(NCCn2cccn2)CCCCC1. The van der Waals surface area contributed by atoms with Crippen molar-refractivity contribution in [1.29, 1.82) is 0 Å². The highest BCUT2D eigenvalue weighted by molar-refractivity contribution is 5.81. The van der Waals surface area contributed by atoms with Crippen LogP contribution in [0.25, 0.3) is 0 Å². The third kappa shape index (κ3) is 3.56. The lowest BCUT2D eigenvalue weighted by molar-refractivity contribution is -0.152. The summed E-state index contributed by atoms with van der Waals surface area (Å²) >= 11 is 0. The highest BCUT2D eigenvalue weighted by atomic mass is 16.5. The number of carbonyl (C=O) groups is 1. The number of nitrogens with zero attached hydrogens (tertiary/aromatic N) is 2. The molecular formula is C14H23N3O2. The number of ether oxygens (including phenoxy) is 1. The van der Waals surface area contributed by atoms with Crippen LogP contribution in [0.1, 0.15) is 39.0 Å². The van der Waals surface area contributed by atoms with Gasteiger partial charge in [-0.2, -0.15) is 5.10 Å². The molecule has 0 saturated heterocycles. The molecule has 0 amide bonds. The van der Waals surface area contributed by atoms with Gasteiger partial charge in [0, 0.05) is 18.9 Å². The van der Waals surface area contributed by atoms with Gasteiger partial charge in [-0.15, -0.1) is 0 Å². The predicted molar refractivity (Wildman–Crippen MR) is 72.7 cm³/mol. The summed E-state index contributed by atoms with van der Waals surface area (Å²) in [7, 11) is 0. The first-order valence-electron chi connectivity index (χ1n) is 7.16. The lowest BCUT2D eigenvalue weighted by atomic mass is 9.81. The van der Waals surface area contributed by atoms with E-state index in [0.29, 0.717) is 6.61 Å². The summed E-state index contributed by atoms with van der Waals surface area (Å²) in [4.78, 5) is 12.2. The normalized spacial score (nSPS) is 18.2. The highest BCUT2D eigenvalue weighted by Crippen LogP contribution is 2.29. The van der Waals surface area contributed by atoms with Crippen LogP contribution in [0.2, 0.25) is 0 Å². The van der Waals surface area contributed by atoms with Crippen LogP contribution in [0.3, 0.4) is 0 Å². The Hall–Kier alpha value is -1.36. The Labute approximate surface area is 114 Å². The summed E-state index contributed by atoms with van der Waals surface area (Å²) in [5, 5.41) is 7.59. The lowest BCUT2D eigenvalue weighted by Crippen LogP contribution is -2.55. The Morgan fingerprint density at radius 2 is 2.21 bits per heavy atom. The van der Waals surface area contributed by atoms with Gasteiger partial charge in [0.1, 0.15) is 5.54 Å². The molecule has 2 rings (SSSR count). The van der Waals surface area contributed by atoms with Crippen molar-refractivity contribution in [1.82, 2.24) is 15.1 Å². The Bertz CT molecular complexity index is 383. The quantitative estimate of drug-likeness (QED) is 0.796. The van der Waals surface area contributed by atoms with E-state index in [2.05, 4.69) is 10.4 Å². The van der Waals surface area contributed by atoms with Crippen molar-refractivity contribution >= 4 is 5.97 Å². The van der Waals surface area contributed by atoms with E-state index in [4.69, 9.17) is 4.74 Å². The number of esters is 1. The second-order valence-electron chi connectivity index (χ2n) is 5.06. The fourth-order valence-electron chi connectivity index (χ4n) is 2.72. The predicted octanol–water partition coefficient (Wildman–Crippen LogP) is 1.74. The van der Waals surface area contributed by atoms with Crippen LogP contribution in [0.4, 0.5) is 0 Å². The van der Waals surface area contributed by atoms with Crippen LogP contribution >= 0.6 is 0 Å². The molecule has 0 radical (unpaired) electrons. The molecule has 1 N–H and O–H groups in total. The van der Waals surface area contributed by atoms with Crippen molar-refractivity contribution in [3.63, 3.8) is 0 Å². The van der Waals surface area contributed by atoms with Crippen molar-refractivity contribution < 1.29 is 9.53 Å². The van der Waals surface area contributed by atoms with E-state index >= 15 is 0 Å². The van der Waals surface area contributed by atoms with Gasteiger partial charge in [-0.3, -0.25) is 9.48 Å². The van der Waals surface area contributed by atoms with E-state index in [9.17, 15) is 4.79 Å². The molecule has 0 aromatic carbocycles. The van der Waals surface area contributed by atoms with Gasteiger partial charge in [0.15, 0.2) is 0 Å². The van der Waals surface area contributed by atoms with Gasteiger partial charge in [-0.05, 0) is 25.8 Å². The van der Waals surface area contributed by atoms with Crippen molar-refractivity contribution in [2.24, 2.45) is 0 Å². The summed E-state index contributed by atoms with van der Waals surface area (Å²) in [5.74, 6) is -0.0878. The standard InChI is InChI=1S/C14H23N3O2/c1-2-19-13(18)14(7-4-3-5-8-14)15-10-12-17-11-6-9-16-17/h6,9,11,15H,2-5,7-8,10,12H2,1H3. The van der Waals surface area contributed by atoms with E-state index in [1.165, 1.54) is 6.42 Å². The minimum absolute atomic E-state index is 0.0878. The zero-order valence-electron chi connectivity index (χ0n) is 11.6. The maximum atomic E-state index is 12.2. The number of hydrogen-bond acceptors (Lipinski definition) is 4. The molecule has 1 aliphatic carbocycles. The van der Waals surface area contributed by atoms with Crippen LogP contribution in [-0.2, 0) is 16.1 Å².